The first-order valence-electron chi connectivity index (χ1n) is 6.12. The fraction of sp³-hybridized carbons (Fsp3) is 0.909. The molecule has 0 aromatic carbocycles. The summed E-state index contributed by atoms with van der Waals surface area (Å²) in [6.45, 7) is -0.0610. The average Bonchev–Trinajstić information content (AvgIpc) is 2.80. The van der Waals surface area contributed by atoms with Crippen molar-refractivity contribution in [2.24, 2.45) is 5.41 Å². The maximum absolute atomic E-state index is 13.1. The van der Waals surface area contributed by atoms with Crippen LogP contribution in [0.25, 0.3) is 0 Å². The van der Waals surface area contributed by atoms with Crippen molar-refractivity contribution in [1.82, 2.24) is 10.6 Å². The average molecular weight is 282 g/mol. The SMILES string of the molecule is O=C(NC1CCCSC1)C1(C(F)(F)F)CCNC1. The fourth-order valence-corrected chi connectivity index (χ4v) is 3.51. The maximum Gasteiger partial charge on any atom is 0.404 e. The Kier molecular flexibility index (Phi) is 4.11. The molecule has 0 saturated carbocycles. The van der Waals surface area contributed by atoms with Crippen molar-refractivity contribution in [2.75, 3.05) is 24.6 Å². The third kappa shape index (κ3) is 2.61. The second-order valence-electron chi connectivity index (χ2n) is 4.89. The number of hydrogen-bond donors (Lipinski definition) is 2. The molecule has 2 rings (SSSR count). The van der Waals surface area contributed by atoms with Gasteiger partial charge in [0.25, 0.3) is 0 Å². The lowest BCUT2D eigenvalue weighted by molar-refractivity contribution is -0.216. The molecule has 18 heavy (non-hydrogen) atoms. The molecular weight excluding hydrogens is 265 g/mol. The summed E-state index contributed by atoms with van der Waals surface area (Å²) >= 11 is 1.68. The van der Waals surface area contributed by atoms with Crippen LogP contribution in [0.4, 0.5) is 13.2 Å². The molecule has 0 aromatic heterocycles. The van der Waals surface area contributed by atoms with Crippen molar-refractivity contribution < 1.29 is 18.0 Å². The number of amides is 1. The van der Waals surface area contributed by atoms with Crippen LogP contribution in [0.2, 0.25) is 0 Å². The number of carbonyl (C=O) groups is 1. The standard InChI is InChI=1S/C11H17F3N2OS/c12-11(13,14)10(3-4-15-7-10)9(17)16-8-2-1-5-18-6-8/h8,15H,1-7H2,(H,16,17). The highest BCUT2D eigenvalue weighted by Crippen LogP contribution is 2.43. The molecule has 2 saturated heterocycles. The highest BCUT2D eigenvalue weighted by molar-refractivity contribution is 7.99. The van der Waals surface area contributed by atoms with Gasteiger partial charge >= 0.3 is 6.18 Å². The molecule has 2 unspecified atom stereocenters. The Morgan fingerprint density at radius 2 is 2.22 bits per heavy atom. The molecule has 0 aromatic rings. The summed E-state index contributed by atoms with van der Waals surface area (Å²) in [6, 6.07) is -0.115. The van der Waals surface area contributed by atoms with E-state index >= 15 is 0 Å². The van der Waals surface area contributed by atoms with Crippen LogP contribution in [0.15, 0.2) is 0 Å². The zero-order valence-electron chi connectivity index (χ0n) is 9.98. The Hall–Kier alpha value is -0.430. The predicted octanol–water partition coefficient (Wildman–Crippen LogP) is 1.54. The Labute approximate surface area is 108 Å². The van der Waals surface area contributed by atoms with Crippen LogP contribution in [-0.2, 0) is 4.79 Å². The predicted molar refractivity (Wildman–Crippen MR) is 64.5 cm³/mol. The number of carbonyl (C=O) groups excluding carboxylic acids is 1. The van der Waals surface area contributed by atoms with Crippen molar-refractivity contribution in [3.63, 3.8) is 0 Å². The van der Waals surface area contributed by atoms with E-state index in [0.717, 1.165) is 18.6 Å². The van der Waals surface area contributed by atoms with Gasteiger partial charge < -0.3 is 10.6 Å². The Morgan fingerprint density at radius 3 is 2.72 bits per heavy atom. The van der Waals surface area contributed by atoms with E-state index in [1.807, 2.05) is 0 Å². The van der Waals surface area contributed by atoms with Crippen molar-refractivity contribution in [3.05, 3.63) is 0 Å². The molecule has 0 aliphatic carbocycles. The quantitative estimate of drug-likeness (QED) is 0.807. The van der Waals surface area contributed by atoms with Crippen molar-refractivity contribution in [2.45, 2.75) is 31.5 Å². The Morgan fingerprint density at radius 1 is 1.44 bits per heavy atom. The smallest absolute Gasteiger partial charge is 0.352 e. The zero-order chi connectivity index (χ0) is 13.2. The third-order valence-electron chi connectivity index (χ3n) is 3.63. The lowest BCUT2D eigenvalue weighted by Crippen LogP contribution is -2.55. The summed E-state index contributed by atoms with van der Waals surface area (Å²) in [6.07, 6.45) is -2.92. The van der Waals surface area contributed by atoms with Crippen molar-refractivity contribution >= 4 is 17.7 Å². The number of rotatable bonds is 2. The second kappa shape index (κ2) is 5.28. The first-order chi connectivity index (χ1) is 8.46. The van der Waals surface area contributed by atoms with Gasteiger partial charge in [-0.15, -0.1) is 0 Å². The number of nitrogens with one attached hydrogen (secondary N) is 2. The number of thioether (sulfide) groups is 1. The first-order valence-corrected chi connectivity index (χ1v) is 7.27. The molecule has 2 N–H and O–H groups in total. The molecule has 3 nitrogen and oxygen atoms in total. The van der Waals surface area contributed by atoms with E-state index in [1.54, 1.807) is 11.8 Å². The number of hydrogen-bond acceptors (Lipinski definition) is 3. The Bertz CT molecular complexity index is 310. The van der Waals surface area contributed by atoms with Crippen molar-refractivity contribution in [1.29, 1.82) is 0 Å². The van der Waals surface area contributed by atoms with E-state index in [4.69, 9.17) is 0 Å². The third-order valence-corrected chi connectivity index (χ3v) is 4.84. The molecule has 0 spiro atoms. The number of alkyl halides is 3. The highest BCUT2D eigenvalue weighted by atomic mass is 32.2. The van der Waals surface area contributed by atoms with Crippen LogP contribution in [0, 0.1) is 5.41 Å². The van der Waals surface area contributed by atoms with Crippen LogP contribution >= 0.6 is 11.8 Å². The molecule has 2 atom stereocenters. The minimum Gasteiger partial charge on any atom is -0.352 e. The van der Waals surface area contributed by atoms with Gasteiger partial charge in [-0.05, 0) is 31.6 Å². The zero-order valence-corrected chi connectivity index (χ0v) is 10.8. The second-order valence-corrected chi connectivity index (χ2v) is 6.04. The lowest BCUT2D eigenvalue weighted by atomic mass is 9.85. The van der Waals surface area contributed by atoms with Gasteiger partial charge in [-0.2, -0.15) is 24.9 Å². The van der Waals surface area contributed by atoms with Gasteiger partial charge in [0.05, 0.1) is 0 Å². The van der Waals surface area contributed by atoms with Gasteiger partial charge in [0, 0.05) is 18.3 Å². The summed E-state index contributed by atoms with van der Waals surface area (Å²) < 4.78 is 39.3. The van der Waals surface area contributed by atoms with Gasteiger partial charge in [0.2, 0.25) is 5.91 Å². The molecule has 7 heteroatoms. The highest BCUT2D eigenvalue weighted by Gasteiger charge is 2.61. The molecule has 2 aliphatic heterocycles. The van der Waals surface area contributed by atoms with Crippen LogP contribution in [0.1, 0.15) is 19.3 Å². The molecule has 0 bridgehead atoms. The van der Waals surface area contributed by atoms with E-state index in [-0.39, 0.29) is 25.6 Å². The van der Waals surface area contributed by atoms with Crippen molar-refractivity contribution in [3.8, 4) is 0 Å². The van der Waals surface area contributed by atoms with Gasteiger partial charge in [0.1, 0.15) is 0 Å². The lowest BCUT2D eigenvalue weighted by Gasteiger charge is -2.32. The van der Waals surface area contributed by atoms with E-state index in [0.29, 0.717) is 5.75 Å². The van der Waals surface area contributed by atoms with Crippen LogP contribution in [0.5, 0.6) is 0 Å². The van der Waals surface area contributed by atoms with Crippen LogP contribution in [0.3, 0.4) is 0 Å². The summed E-state index contributed by atoms with van der Waals surface area (Å²) in [7, 11) is 0. The molecular formula is C11H17F3N2OS. The normalized spacial score (nSPS) is 33.4. The van der Waals surface area contributed by atoms with E-state index in [9.17, 15) is 18.0 Å². The summed E-state index contributed by atoms with van der Waals surface area (Å²) in [5, 5.41) is 5.24. The molecule has 0 radical (unpaired) electrons. The summed E-state index contributed by atoms with van der Waals surface area (Å²) in [5.41, 5.74) is -2.23. The van der Waals surface area contributed by atoms with Gasteiger partial charge in [0.15, 0.2) is 5.41 Å². The minimum atomic E-state index is -4.48. The van der Waals surface area contributed by atoms with E-state index in [2.05, 4.69) is 10.6 Å². The van der Waals surface area contributed by atoms with Gasteiger partial charge in [-0.25, -0.2) is 0 Å². The molecule has 1 amide bonds. The molecule has 2 heterocycles. The Balaban J connectivity index is 2.04. The molecule has 2 fully saturated rings. The van der Waals surface area contributed by atoms with E-state index in [1.165, 1.54) is 0 Å². The largest absolute Gasteiger partial charge is 0.404 e. The molecule has 2 aliphatic rings. The monoisotopic (exact) mass is 282 g/mol. The van der Waals surface area contributed by atoms with Crippen LogP contribution in [-0.4, -0.2) is 42.7 Å². The van der Waals surface area contributed by atoms with E-state index < -0.39 is 17.5 Å². The van der Waals surface area contributed by atoms with Gasteiger partial charge in [-0.3, -0.25) is 4.79 Å². The van der Waals surface area contributed by atoms with Gasteiger partial charge in [-0.1, -0.05) is 0 Å². The summed E-state index contributed by atoms with van der Waals surface area (Å²) in [4.78, 5) is 12.0. The van der Waals surface area contributed by atoms with Crippen LogP contribution < -0.4 is 10.6 Å². The maximum atomic E-state index is 13.1. The minimum absolute atomic E-state index is 0.115. The molecule has 104 valence electrons. The summed E-state index contributed by atoms with van der Waals surface area (Å²) in [5.74, 6) is 0.887. The first kappa shape index (κ1) is 14.0. The number of halogens is 3. The topological polar surface area (TPSA) is 41.1 Å². The fourth-order valence-electron chi connectivity index (χ4n) is 2.43.